The molecule has 0 bridgehead atoms. The third kappa shape index (κ3) is 5.12. The van der Waals surface area contributed by atoms with Crippen molar-refractivity contribution in [2.75, 3.05) is 35.0 Å². The van der Waals surface area contributed by atoms with E-state index < -0.39 is 48.7 Å². The fourth-order valence-electron chi connectivity index (χ4n) is 2.70. The van der Waals surface area contributed by atoms with Crippen LogP contribution in [-0.4, -0.2) is 83.8 Å². The van der Waals surface area contributed by atoms with Gasteiger partial charge in [-0.2, -0.15) is 0 Å². The molecule has 0 saturated carbocycles. The molecule has 0 unspecified atom stereocenters. The van der Waals surface area contributed by atoms with Gasteiger partial charge in [0.15, 0.2) is 18.5 Å². The second kappa shape index (κ2) is 9.90. The lowest BCUT2D eigenvalue weighted by molar-refractivity contribution is -0.314. The summed E-state index contributed by atoms with van der Waals surface area (Å²) in [6.45, 7) is 2.73. The molecule has 24 heavy (non-hydrogen) atoms. The van der Waals surface area contributed by atoms with Crippen LogP contribution in [0.3, 0.4) is 0 Å². The van der Waals surface area contributed by atoms with Crippen LogP contribution in [-0.2, 0) is 42.7 Å². The molecule has 0 spiro atoms. The summed E-state index contributed by atoms with van der Waals surface area (Å²) in [5.74, 6) is -1.06. The zero-order valence-electron chi connectivity index (χ0n) is 14.8. The molecule has 1 fully saturated rings. The molecule has 1 saturated heterocycles. The van der Waals surface area contributed by atoms with Crippen LogP contribution in [0.5, 0.6) is 0 Å². The Balaban J connectivity index is 3.17. The number of ether oxygens (including phenoxy) is 7. The van der Waals surface area contributed by atoms with Crippen LogP contribution in [0.15, 0.2) is 0 Å². The Morgan fingerprint density at radius 3 is 1.92 bits per heavy atom. The summed E-state index contributed by atoms with van der Waals surface area (Å²) in [7, 11) is 5.83. The predicted molar refractivity (Wildman–Crippen MR) is 80.2 cm³/mol. The zero-order valence-corrected chi connectivity index (χ0v) is 14.8. The molecule has 9 heteroatoms. The van der Waals surface area contributed by atoms with Crippen LogP contribution in [0.1, 0.15) is 13.8 Å². The Morgan fingerprint density at radius 2 is 1.50 bits per heavy atom. The summed E-state index contributed by atoms with van der Waals surface area (Å²) in [5, 5.41) is 0. The molecule has 6 atom stereocenters. The Labute approximate surface area is 141 Å². The minimum Gasteiger partial charge on any atom is -0.457 e. The molecular weight excluding hydrogens is 324 g/mol. The van der Waals surface area contributed by atoms with E-state index in [1.54, 1.807) is 0 Å². The summed E-state index contributed by atoms with van der Waals surface area (Å²) in [4.78, 5) is 22.9. The summed E-state index contributed by atoms with van der Waals surface area (Å²) >= 11 is 0. The van der Waals surface area contributed by atoms with Crippen LogP contribution >= 0.6 is 0 Å². The lowest BCUT2D eigenvalue weighted by Gasteiger charge is -2.45. The van der Waals surface area contributed by atoms with Crippen molar-refractivity contribution in [1.82, 2.24) is 0 Å². The molecule has 0 amide bonds. The highest BCUT2D eigenvalue weighted by molar-refractivity contribution is 5.67. The Kier molecular flexibility index (Phi) is 8.57. The van der Waals surface area contributed by atoms with Gasteiger partial charge >= 0.3 is 11.9 Å². The smallest absolute Gasteiger partial charge is 0.303 e. The van der Waals surface area contributed by atoms with Gasteiger partial charge in [0.1, 0.15) is 18.3 Å². The van der Waals surface area contributed by atoms with Gasteiger partial charge < -0.3 is 33.2 Å². The van der Waals surface area contributed by atoms with Crippen molar-refractivity contribution in [2.45, 2.75) is 50.7 Å². The first-order valence-electron chi connectivity index (χ1n) is 7.46. The van der Waals surface area contributed by atoms with Crippen molar-refractivity contribution >= 4 is 11.9 Å². The highest BCUT2D eigenvalue weighted by atomic mass is 16.7. The van der Waals surface area contributed by atoms with Crippen LogP contribution in [0.25, 0.3) is 0 Å². The van der Waals surface area contributed by atoms with E-state index in [-0.39, 0.29) is 6.61 Å². The maximum absolute atomic E-state index is 11.5. The van der Waals surface area contributed by atoms with Gasteiger partial charge in [-0.1, -0.05) is 0 Å². The fourth-order valence-corrected chi connectivity index (χ4v) is 2.70. The van der Waals surface area contributed by atoms with Gasteiger partial charge in [-0.05, 0) is 0 Å². The van der Waals surface area contributed by atoms with Crippen molar-refractivity contribution in [3.8, 4) is 0 Å². The highest BCUT2D eigenvalue weighted by Gasteiger charge is 2.52. The third-order valence-corrected chi connectivity index (χ3v) is 3.64. The van der Waals surface area contributed by atoms with Gasteiger partial charge in [-0.15, -0.1) is 0 Å². The van der Waals surface area contributed by atoms with Crippen molar-refractivity contribution in [2.24, 2.45) is 0 Å². The molecule has 0 aliphatic carbocycles. The number of esters is 2. The van der Waals surface area contributed by atoms with Crippen molar-refractivity contribution in [3.05, 3.63) is 0 Å². The molecule has 0 radical (unpaired) electrons. The molecule has 1 rings (SSSR count). The number of rotatable bonds is 8. The van der Waals surface area contributed by atoms with E-state index in [4.69, 9.17) is 33.2 Å². The van der Waals surface area contributed by atoms with Gasteiger partial charge in [0.2, 0.25) is 0 Å². The normalized spacial score (nSPS) is 31.3. The fraction of sp³-hybridized carbons (Fsp3) is 0.867. The van der Waals surface area contributed by atoms with Gasteiger partial charge in [-0.25, -0.2) is 0 Å². The van der Waals surface area contributed by atoms with Crippen molar-refractivity contribution in [3.63, 3.8) is 0 Å². The second-order valence-electron chi connectivity index (χ2n) is 5.28. The van der Waals surface area contributed by atoms with Crippen LogP contribution in [0, 0.1) is 0 Å². The highest BCUT2D eigenvalue weighted by Crippen LogP contribution is 2.31. The summed E-state index contributed by atoms with van der Waals surface area (Å²) in [5.41, 5.74) is 0. The minimum atomic E-state index is -0.912. The SMILES string of the molecule is COC[C@@H](OC)[C@H]1O[C@@H](OC)[C@H](OC(C)=O)[C@@H](OC)[C@@H]1OC(C)=O. The van der Waals surface area contributed by atoms with Gasteiger partial charge in [0.25, 0.3) is 0 Å². The lowest BCUT2D eigenvalue weighted by atomic mass is 9.94. The zero-order chi connectivity index (χ0) is 18.3. The largest absolute Gasteiger partial charge is 0.457 e. The standard InChI is InChI=1S/C15H26O9/c1-8(16)22-13-11(10(19-4)7-18-3)24-15(21-6)14(12(13)20-5)23-9(2)17/h10-15H,7H2,1-6H3/t10-,11-,12+,13-,14-,15-/m1/s1. The van der Waals surface area contributed by atoms with Crippen molar-refractivity contribution < 1.29 is 42.7 Å². The van der Waals surface area contributed by atoms with E-state index in [2.05, 4.69) is 0 Å². The molecule has 0 aromatic rings. The van der Waals surface area contributed by atoms with Crippen LogP contribution in [0.4, 0.5) is 0 Å². The van der Waals surface area contributed by atoms with Gasteiger partial charge in [0.05, 0.1) is 6.61 Å². The quantitative estimate of drug-likeness (QED) is 0.556. The van der Waals surface area contributed by atoms with E-state index in [1.165, 1.54) is 42.3 Å². The number of hydrogen-bond acceptors (Lipinski definition) is 9. The topological polar surface area (TPSA) is 98.8 Å². The van der Waals surface area contributed by atoms with Gasteiger partial charge in [-0.3, -0.25) is 9.59 Å². The maximum atomic E-state index is 11.5. The van der Waals surface area contributed by atoms with E-state index in [9.17, 15) is 9.59 Å². The van der Waals surface area contributed by atoms with Crippen LogP contribution in [0.2, 0.25) is 0 Å². The van der Waals surface area contributed by atoms with E-state index in [0.717, 1.165) is 0 Å². The summed E-state index contributed by atoms with van der Waals surface area (Å²) in [6.07, 6.45) is -4.77. The number of carbonyl (C=O) groups is 2. The van der Waals surface area contributed by atoms with E-state index >= 15 is 0 Å². The maximum Gasteiger partial charge on any atom is 0.303 e. The Hall–Kier alpha value is -1.26. The monoisotopic (exact) mass is 350 g/mol. The molecule has 9 nitrogen and oxygen atoms in total. The average Bonchev–Trinajstić information content (AvgIpc) is 2.52. The number of carbonyl (C=O) groups excluding carboxylic acids is 2. The molecule has 1 aliphatic rings. The number of hydrogen-bond donors (Lipinski definition) is 0. The van der Waals surface area contributed by atoms with Crippen LogP contribution < -0.4 is 0 Å². The first kappa shape index (κ1) is 20.8. The molecular formula is C15H26O9. The summed E-state index contributed by atoms with van der Waals surface area (Å²) < 4.78 is 37.7. The first-order chi connectivity index (χ1) is 11.4. The molecule has 0 aromatic carbocycles. The molecule has 1 heterocycles. The van der Waals surface area contributed by atoms with Crippen molar-refractivity contribution in [1.29, 1.82) is 0 Å². The molecule has 0 N–H and O–H groups in total. The second-order valence-corrected chi connectivity index (χ2v) is 5.28. The third-order valence-electron chi connectivity index (χ3n) is 3.64. The lowest BCUT2D eigenvalue weighted by Crippen LogP contribution is -2.64. The first-order valence-corrected chi connectivity index (χ1v) is 7.46. The minimum absolute atomic E-state index is 0.198. The van der Waals surface area contributed by atoms with E-state index in [0.29, 0.717) is 0 Å². The molecule has 0 aromatic heterocycles. The van der Waals surface area contributed by atoms with Gasteiger partial charge in [0, 0.05) is 42.3 Å². The Morgan fingerprint density at radius 1 is 0.917 bits per heavy atom. The summed E-state index contributed by atoms with van der Waals surface area (Å²) in [6, 6.07) is 0. The predicted octanol–water partition coefficient (Wildman–Crippen LogP) is -0.102. The average molecular weight is 350 g/mol. The Bertz CT molecular complexity index is 414. The van der Waals surface area contributed by atoms with E-state index in [1.807, 2.05) is 0 Å². The molecule has 1 aliphatic heterocycles. The molecule has 140 valence electrons. The number of methoxy groups -OCH3 is 4.